The molecule has 4 heteroatoms. The molecule has 0 aliphatic carbocycles. The first-order chi connectivity index (χ1) is 8.57. The van der Waals surface area contributed by atoms with Crippen LogP contribution in [-0.4, -0.2) is 28.6 Å². The lowest BCUT2D eigenvalue weighted by molar-refractivity contribution is 0.0681. The van der Waals surface area contributed by atoms with E-state index in [9.17, 15) is 0 Å². The first-order valence-corrected chi connectivity index (χ1v) is 7.84. The molecule has 102 valence electrons. The molecule has 18 heavy (non-hydrogen) atoms. The molecule has 0 aromatic heterocycles. The summed E-state index contributed by atoms with van der Waals surface area (Å²) in [6.45, 7) is 20.3. The molecule has 0 bridgehead atoms. The van der Waals surface area contributed by atoms with Gasteiger partial charge in [0.15, 0.2) is 0 Å². The molecule has 0 unspecified atom stereocenters. The zero-order chi connectivity index (χ0) is 14.1. The molecule has 0 atom stereocenters. The zero-order valence-electron chi connectivity index (χ0n) is 11.5. The maximum atomic E-state index is 5.86. The Kier molecular flexibility index (Phi) is 7.78. The van der Waals surface area contributed by atoms with E-state index in [-0.39, 0.29) is 0 Å². The smallest absolute Gasteiger partial charge is 0.371 e. The quantitative estimate of drug-likeness (QED) is 0.425. The van der Waals surface area contributed by atoms with Gasteiger partial charge in [-0.2, -0.15) is 0 Å². The van der Waals surface area contributed by atoms with Crippen molar-refractivity contribution in [1.82, 2.24) is 0 Å². The van der Waals surface area contributed by atoms with Crippen molar-refractivity contribution in [2.75, 3.05) is 19.8 Å². The van der Waals surface area contributed by atoms with Gasteiger partial charge in [0.1, 0.15) is 0 Å². The molecule has 0 aliphatic heterocycles. The Morgan fingerprint density at radius 1 is 0.889 bits per heavy atom. The molecule has 0 radical (unpaired) electrons. The second-order valence-electron chi connectivity index (χ2n) is 3.69. The van der Waals surface area contributed by atoms with Crippen molar-refractivity contribution >= 4 is 8.80 Å². The van der Waals surface area contributed by atoms with Crippen molar-refractivity contribution in [2.24, 2.45) is 5.41 Å². The van der Waals surface area contributed by atoms with Crippen LogP contribution in [0.25, 0.3) is 0 Å². The van der Waals surface area contributed by atoms with E-state index in [4.69, 9.17) is 13.3 Å². The van der Waals surface area contributed by atoms with Crippen LogP contribution >= 0.6 is 0 Å². The van der Waals surface area contributed by atoms with E-state index in [0.717, 1.165) is 0 Å². The molecule has 0 aromatic rings. The molecule has 0 heterocycles. The van der Waals surface area contributed by atoms with Gasteiger partial charge in [-0.3, -0.25) is 0 Å². The summed E-state index contributed by atoms with van der Waals surface area (Å²) in [4.78, 5) is 0. The van der Waals surface area contributed by atoms with Crippen LogP contribution < -0.4 is 0 Å². The van der Waals surface area contributed by atoms with Gasteiger partial charge in [-0.05, 0) is 19.5 Å². The Balaban J connectivity index is 4.87. The first kappa shape index (κ1) is 17.1. The SMILES string of the molecule is C=CC(C=C)(C=C)CO[Si](C=C)(OCC)OCC. The van der Waals surface area contributed by atoms with Crippen LogP contribution in [-0.2, 0) is 13.3 Å². The van der Waals surface area contributed by atoms with Gasteiger partial charge in [-0.25, -0.2) is 0 Å². The van der Waals surface area contributed by atoms with Crippen molar-refractivity contribution in [1.29, 1.82) is 0 Å². The van der Waals surface area contributed by atoms with Crippen LogP contribution in [0.4, 0.5) is 0 Å². The largest absolute Gasteiger partial charge is 0.529 e. The van der Waals surface area contributed by atoms with Crippen molar-refractivity contribution < 1.29 is 13.3 Å². The highest BCUT2D eigenvalue weighted by Gasteiger charge is 2.39. The van der Waals surface area contributed by atoms with Gasteiger partial charge in [0.25, 0.3) is 0 Å². The summed E-state index contributed by atoms with van der Waals surface area (Å²) in [6.07, 6.45) is 5.23. The molecule has 0 amide bonds. The molecule has 0 aliphatic rings. The van der Waals surface area contributed by atoms with E-state index < -0.39 is 14.2 Å². The Labute approximate surface area is 112 Å². The lowest BCUT2D eigenvalue weighted by Gasteiger charge is -2.30. The van der Waals surface area contributed by atoms with Gasteiger partial charge < -0.3 is 13.3 Å². The minimum Gasteiger partial charge on any atom is -0.371 e. The van der Waals surface area contributed by atoms with E-state index in [0.29, 0.717) is 19.8 Å². The van der Waals surface area contributed by atoms with Gasteiger partial charge in [0.05, 0.1) is 6.61 Å². The van der Waals surface area contributed by atoms with E-state index in [2.05, 4.69) is 26.3 Å². The molecule has 0 aromatic carbocycles. The molecule has 3 nitrogen and oxygen atoms in total. The average molecular weight is 268 g/mol. The van der Waals surface area contributed by atoms with Crippen LogP contribution in [0.15, 0.2) is 50.2 Å². The van der Waals surface area contributed by atoms with Crippen LogP contribution in [0, 0.1) is 5.41 Å². The summed E-state index contributed by atoms with van der Waals surface area (Å²) < 4.78 is 17.1. The summed E-state index contributed by atoms with van der Waals surface area (Å²) in [5.74, 6) is 0. The Hall–Kier alpha value is -0.943. The van der Waals surface area contributed by atoms with Crippen molar-refractivity contribution in [3.63, 3.8) is 0 Å². The Morgan fingerprint density at radius 2 is 1.33 bits per heavy atom. The maximum absolute atomic E-state index is 5.86. The average Bonchev–Trinajstić information content (AvgIpc) is 2.41. The summed E-state index contributed by atoms with van der Waals surface area (Å²) in [5, 5.41) is 0. The highest BCUT2D eigenvalue weighted by atomic mass is 28.4. The van der Waals surface area contributed by atoms with Gasteiger partial charge >= 0.3 is 8.80 Å². The molecule has 0 saturated heterocycles. The summed E-state index contributed by atoms with van der Waals surface area (Å²) in [5.41, 5.74) is 1.16. The third-order valence-corrected chi connectivity index (χ3v) is 5.03. The first-order valence-electron chi connectivity index (χ1n) is 6.03. The molecule has 0 fully saturated rings. The zero-order valence-corrected chi connectivity index (χ0v) is 12.5. The minimum absolute atomic E-state index is 0.335. The molecule has 0 spiro atoms. The third kappa shape index (κ3) is 4.38. The number of hydrogen-bond donors (Lipinski definition) is 0. The van der Waals surface area contributed by atoms with Crippen molar-refractivity contribution in [3.05, 3.63) is 50.2 Å². The lowest BCUT2D eigenvalue weighted by Crippen LogP contribution is -2.46. The molecule has 0 saturated carbocycles. The summed E-state index contributed by atoms with van der Waals surface area (Å²) in [7, 11) is -2.81. The van der Waals surface area contributed by atoms with Gasteiger partial charge in [-0.1, -0.05) is 24.8 Å². The lowest BCUT2D eigenvalue weighted by atomic mass is 9.90. The second-order valence-corrected chi connectivity index (χ2v) is 6.17. The van der Waals surface area contributed by atoms with Gasteiger partial charge in [0, 0.05) is 18.6 Å². The third-order valence-electron chi connectivity index (χ3n) is 2.60. The normalized spacial score (nSPS) is 11.9. The van der Waals surface area contributed by atoms with Gasteiger partial charge in [0.2, 0.25) is 0 Å². The number of hydrogen-bond acceptors (Lipinski definition) is 3. The monoisotopic (exact) mass is 268 g/mol. The number of rotatable bonds is 11. The van der Waals surface area contributed by atoms with Crippen LogP contribution in [0.2, 0.25) is 0 Å². The van der Waals surface area contributed by atoms with Crippen molar-refractivity contribution in [3.8, 4) is 0 Å². The minimum atomic E-state index is -2.81. The van der Waals surface area contributed by atoms with E-state index >= 15 is 0 Å². The predicted molar refractivity (Wildman–Crippen MR) is 78.2 cm³/mol. The van der Waals surface area contributed by atoms with Crippen LogP contribution in [0.1, 0.15) is 13.8 Å². The molecule has 0 N–H and O–H groups in total. The Bertz CT molecular complexity index is 272. The highest BCUT2D eigenvalue weighted by Crippen LogP contribution is 2.25. The highest BCUT2D eigenvalue weighted by molar-refractivity contribution is 6.66. The molecular weight excluding hydrogens is 244 g/mol. The molecular formula is C14H24O3Si. The second kappa shape index (κ2) is 8.21. The summed E-state index contributed by atoms with van der Waals surface area (Å²) >= 11 is 0. The van der Waals surface area contributed by atoms with E-state index in [1.807, 2.05) is 13.8 Å². The fourth-order valence-electron chi connectivity index (χ4n) is 1.36. The topological polar surface area (TPSA) is 27.7 Å². The summed E-state index contributed by atoms with van der Waals surface area (Å²) in [6, 6.07) is 0. The Morgan fingerprint density at radius 3 is 1.61 bits per heavy atom. The van der Waals surface area contributed by atoms with Crippen LogP contribution in [0.3, 0.4) is 0 Å². The molecule has 0 rings (SSSR count). The van der Waals surface area contributed by atoms with Gasteiger partial charge in [-0.15, -0.1) is 19.7 Å². The van der Waals surface area contributed by atoms with Crippen molar-refractivity contribution in [2.45, 2.75) is 13.8 Å². The fourth-order valence-corrected chi connectivity index (χ4v) is 3.22. The van der Waals surface area contributed by atoms with E-state index in [1.54, 1.807) is 23.9 Å². The van der Waals surface area contributed by atoms with Crippen LogP contribution in [0.5, 0.6) is 0 Å². The standard InChI is InChI=1S/C14H24O3Si/c1-7-14(8-2,9-3)13-17-18(12-6,15-10-4)16-11-5/h7-9,12H,1-3,6,10-11,13H2,4-5H3. The van der Waals surface area contributed by atoms with E-state index in [1.165, 1.54) is 0 Å². The maximum Gasteiger partial charge on any atom is 0.529 e. The fraction of sp³-hybridized carbons (Fsp3) is 0.429. The predicted octanol–water partition coefficient (Wildman–Crippen LogP) is 3.28.